The quantitative estimate of drug-likeness (QED) is 0.728. The van der Waals surface area contributed by atoms with Crippen molar-refractivity contribution in [3.63, 3.8) is 0 Å². The third kappa shape index (κ3) is 5.27. The van der Waals surface area contributed by atoms with Gasteiger partial charge in [0, 0.05) is 11.7 Å². The molecule has 5 nitrogen and oxygen atoms in total. The standard InChI is InChI=1S/C19H21ClF2N2O3S/c1-11(19(2,3)4)24-28(26,27)13-6-8-16(21)14(10-13)18(25)23-12-5-7-17(22)15(20)9-12/h5-11,24H,1-4H3,(H,23,25)/t11-/m1/s1. The molecule has 1 amide bonds. The molecule has 2 aromatic carbocycles. The van der Waals surface area contributed by atoms with Gasteiger partial charge in [0.1, 0.15) is 11.6 Å². The summed E-state index contributed by atoms with van der Waals surface area (Å²) in [4.78, 5) is 12.1. The zero-order valence-corrected chi connectivity index (χ0v) is 17.4. The summed E-state index contributed by atoms with van der Waals surface area (Å²) in [6.45, 7) is 7.33. The molecule has 0 aromatic heterocycles. The Morgan fingerprint density at radius 3 is 2.25 bits per heavy atom. The van der Waals surface area contributed by atoms with Crippen molar-refractivity contribution >= 4 is 33.2 Å². The van der Waals surface area contributed by atoms with Gasteiger partial charge in [-0.15, -0.1) is 0 Å². The molecule has 1 atom stereocenters. The summed E-state index contributed by atoms with van der Waals surface area (Å²) in [6.07, 6.45) is 0. The van der Waals surface area contributed by atoms with Gasteiger partial charge in [-0.1, -0.05) is 32.4 Å². The van der Waals surface area contributed by atoms with Crippen LogP contribution < -0.4 is 10.0 Å². The third-order valence-electron chi connectivity index (χ3n) is 4.30. The van der Waals surface area contributed by atoms with Crippen LogP contribution in [0.25, 0.3) is 0 Å². The molecule has 0 saturated heterocycles. The van der Waals surface area contributed by atoms with Gasteiger partial charge in [-0.3, -0.25) is 4.79 Å². The zero-order valence-electron chi connectivity index (χ0n) is 15.8. The minimum absolute atomic E-state index is 0.142. The molecule has 0 heterocycles. The topological polar surface area (TPSA) is 75.3 Å². The first-order valence-electron chi connectivity index (χ1n) is 8.39. The predicted octanol–water partition coefficient (Wildman–Crippen LogP) is 4.58. The number of sulfonamides is 1. The number of rotatable bonds is 5. The molecular formula is C19H21ClF2N2O3S. The van der Waals surface area contributed by atoms with Crippen molar-refractivity contribution in [3.8, 4) is 0 Å². The summed E-state index contributed by atoms with van der Waals surface area (Å²) >= 11 is 5.66. The van der Waals surface area contributed by atoms with E-state index >= 15 is 0 Å². The van der Waals surface area contributed by atoms with Crippen molar-refractivity contribution < 1.29 is 22.0 Å². The fourth-order valence-corrected chi connectivity index (χ4v) is 3.75. The Morgan fingerprint density at radius 1 is 1.07 bits per heavy atom. The summed E-state index contributed by atoms with van der Waals surface area (Å²) in [5, 5.41) is 2.15. The van der Waals surface area contributed by atoms with E-state index in [-0.39, 0.29) is 21.0 Å². The average molecular weight is 431 g/mol. The molecule has 2 aromatic rings. The molecule has 0 aliphatic rings. The van der Waals surface area contributed by atoms with E-state index in [4.69, 9.17) is 11.6 Å². The summed E-state index contributed by atoms with van der Waals surface area (Å²) < 4.78 is 55.1. The summed E-state index contributed by atoms with van der Waals surface area (Å²) in [6, 6.07) is 6.01. The van der Waals surface area contributed by atoms with Crippen LogP contribution in [0.1, 0.15) is 38.1 Å². The van der Waals surface area contributed by atoms with Gasteiger partial charge in [-0.2, -0.15) is 0 Å². The summed E-state index contributed by atoms with van der Waals surface area (Å²) in [5.74, 6) is -2.45. The van der Waals surface area contributed by atoms with Gasteiger partial charge < -0.3 is 5.32 Å². The van der Waals surface area contributed by atoms with Gasteiger partial charge >= 0.3 is 0 Å². The highest BCUT2D eigenvalue weighted by Gasteiger charge is 2.27. The number of nitrogens with one attached hydrogen (secondary N) is 2. The normalized spacial score (nSPS) is 13.2. The van der Waals surface area contributed by atoms with Crippen molar-refractivity contribution in [3.05, 3.63) is 58.6 Å². The molecule has 28 heavy (non-hydrogen) atoms. The second-order valence-corrected chi connectivity index (χ2v) is 9.55. The maximum atomic E-state index is 14.1. The molecule has 2 rings (SSSR count). The lowest BCUT2D eigenvalue weighted by Gasteiger charge is -2.27. The number of halogens is 3. The second kappa shape index (κ2) is 8.14. The molecule has 152 valence electrons. The number of anilines is 1. The smallest absolute Gasteiger partial charge is 0.258 e. The maximum absolute atomic E-state index is 14.1. The lowest BCUT2D eigenvalue weighted by Crippen LogP contribution is -2.41. The van der Waals surface area contributed by atoms with Crippen LogP contribution in [0.3, 0.4) is 0 Å². The predicted molar refractivity (Wildman–Crippen MR) is 105 cm³/mol. The first-order chi connectivity index (χ1) is 12.8. The van der Waals surface area contributed by atoms with E-state index in [1.54, 1.807) is 6.92 Å². The molecule has 0 unspecified atom stereocenters. The third-order valence-corrected chi connectivity index (χ3v) is 6.13. The number of amides is 1. The minimum Gasteiger partial charge on any atom is -0.322 e. The SMILES string of the molecule is C[C@@H](NS(=O)(=O)c1ccc(F)c(C(=O)Nc2ccc(F)c(Cl)c2)c1)C(C)(C)C. The van der Waals surface area contributed by atoms with Crippen LogP contribution in [0, 0.1) is 17.0 Å². The minimum atomic E-state index is -3.97. The van der Waals surface area contributed by atoms with Gasteiger partial charge in [-0.25, -0.2) is 21.9 Å². The van der Waals surface area contributed by atoms with E-state index in [1.807, 2.05) is 20.8 Å². The highest BCUT2D eigenvalue weighted by Crippen LogP contribution is 2.23. The van der Waals surface area contributed by atoms with Crippen LogP contribution in [0.4, 0.5) is 14.5 Å². The van der Waals surface area contributed by atoms with Gasteiger partial charge in [0.2, 0.25) is 10.0 Å². The molecule has 0 bridgehead atoms. The van der Waals surface area contributed by atoms with Gasteiger partial charge in [0.15, 0.2) is 0 Å². The molecule has 0 aliphatic heterocycles. The Morgan fingerprint density at radius 2 is 1.68 bits per heavy atom. The van der Waals surface area contributed by atoms with Crippen molar-refractivity contribution in [2.75, 3.05) is 5.32 Å². The molecule has 9 heteroatoms. The maximum Gasteiger partial charge on any atom is 0.258 e. The second-order valence-electron chi connectivity index (χ2n) is 7.43. The highest BCUT2D eigenvalue weighted by atomic mass is 35.5. The first kappa shape index (κ1) is 22.3. The number of hydrogen-bond acceptors (Lipinski definition) is 3. The Labute approximate surface area is 168 Å². The van der Waals surface area contributed by atoms with Crippen LogP contribution >= 0.6 is 11.6 Å². The van der Waals surface area contributed by atoms with Crippen LogP contribution in [0.2, 0.25) is 5.02 Å². The molecule has 0 fully saturated rings. The Hall–Kier alpha value is -2.03. The average Bonchev–Trinajstić information content (AvgIpc) is 2.57. The van der Waals surface area contributed by atoms with E-state index in [2.05, 4.69) is 10.0 Å². The van der Waals surface area contributed by atoms with Crippen LogP contribution in [0.5, 0.6) is 0 Å². The Bertz CT molecular complexity index is 1000. The van der Waals surface area contributed by atoms with E-state index in [0.717, 1.165) is 24.3 Å². The lowest BCUT2D eigenvalue weighted by atomic mass is 9.89. The first-order valence-corrected chi connectivity index (χ1v) is 10.3. The molecule has 0 saturated carbocycles. The highest BCUT2D eigenvalue weighted by molar-refractivity contribution is 7.89. The van der Waals surface area contributed by atoms with Crippen LogP contribution in [0.15, 0.2) is 41.3 Å². The van der Waals surface area contributed by atoms with E-state index in [0.29, 0.717) is 0 Å². The fraction of sp³-hybridized carbons (Fsp3) is 0.316. The van der Waals surface area contributed by atoms with Crippen LogP contribution in [-0.2, 0) is 10.0 Å². The number of carbonyl (C=O) groups is 1. The summed E-state index contributed by atoms with van der Waals surface area (Å²) in [7, 11) is -3.97. The molecule has 0 spiro atoms. The van der Waals surface area contributed by atoms with E-state index in [1.165, 1.54) is 12.1 Å². The Balaban J connectivity index is 2.31. The number of hydrogen-bond donors (Lipinski definition) is 2. The van der Waals surface area contributed by atoms with E-state index < -0.39 is 39.2 Å². The van der Waals surface area contributed by atoms with Gasteiger partial charge in [-0.05, 0) is 48.7 Å². The van der Waals surface area contributed by atoms with Crippen molar-refractivity contribution in [1.82, 2.24) is 4.72 Å². The number of carbonyl (C=O) groups excluding carboxylic acids is 1. The molecule has 0 radical (unpaired) electrons. The van der Waals surface area contributed by atoms with Crippen LogP contribution in [-0.4, -0.2) is 20.4 Å². The van der Waals surface area contributed by atoms with Gasteiger partial charge in [0.05, 0.1) is 15.5 Å². The van der Waals surface area contributed by atoms with Crippen molar-refractivity contribution in [1.29, 1.82) is 0 Å². The zero-order chi connectivity index (χ0) is 21.3. The largest absolute Gasteiger partial charge is 0.322 e. The van der Waals surface area contributed by atoms with Crippen molar-refractivity contribution in [2.45, 2.75) is 38.6 Å². The Kier molecular flexibility index (Phi) is 6.48. The van der Waals surface area contributed by atoms with E-state index in [9.17, 15) is 22.0 Å². The fourth-order valence-electron chi connectivity index (χ4n) is 2.10. The van der Waals surface area contributed by atoms with Crippen molar-refractivity contribution in [2.24, 2.45) is 5.41 Å². The summed E-state index contributed by atoms with van der Waals surface area (Å²) in [5.41, 5.74) is -0.662. The molecule has 2 N–H and O–H groups in total. The lowest BCUT2D eigenvalue weighted by molar-refractivity contribution is 0.102. The monoisotopic (exact) mass is 430 g/mol. The number of benzene rings is 2. The molecule has 0 aliphatic carbocycles. The van der Waals surface area contributed by atoms with Gasteiger partial charge in [0.25, 0.3) is 5.91 Å². The molecular weight excluding hydrogens is 410 g/mol.